The van der Waals surface area contributed by atoms with Gasteiger partial charge in [0.1, 0.15) is 0 Å². The first kappa shape index (κ1) is 14.6. The Balaban J connectivity index is 1.98. The largest absolute Gasteiger partial charge is 0.399 e. The zero-order valence-electron chi connectivity index (χ0n) is 10.9. The van der Waals surface area contributed by atoms with E-state index in [-0.39, 0.29) is 17.2 Å². The van der Waals surface area contributed by atoms with Gasteiger partial charge in [-0.1, -0.05) is 22.9 Å². The average Bonchev–Trinajstić information content (AvgIpc) is 2.70. The molecule has 20 heavy (non-hydrogen) atoms. The van der Waals surface area contributed by atoms with Crippen molar-refractivity contribution >= 4 is 40.2 Å². The van der Waals surface area contributed by atoms with Crippen LogP contribution in [0.1, 0.15) is 12.1 Å². The molecule has 1 aromatic heterocycles. The average molecular weight is 312 g/mol. The predicted molar refractivity (Wildman–Crippen MR) is 82.4 cm³/mol. The summed E-state index contributed by atoms with van der Waals surface area (Å²) in [4.78, 5) is 23.3. The van der Waals surface area contributed by atoms with Crippen molar-refractivity contribution in [1.29, 1.82) is 0 Å². The van der Waals surface area contributed by atoms with Crippen LogP contribution in [-0.2, 0) is 11.3 Å². The minimum atomic E-state index is -0.200. The number of benzene rings is 1. The Morgan fingerprint density at radius 2 is 2.25 bits per heavy atom. The normalized spacial score (nSPS) is 10.5. The van der Waals surface area contributed by atoms with Crippen LogP contribution < -0.4 is 15.9 Å². The van der Waals surface area contributed by atoms with Gasteiger partial charge in [-0.05, 0) is 25.1 Å². The molecule has 0 unspecified atom stereocenters. The van der Waals surface area contributed by atoms with Crippen molar-refractivity contribution < 1.29 is 4.79 Å². The summed E-state index contributed by atoms with van der Waals surface area (Å²) < 4.78 is 1.58. The van der Waals surface area contributed by atoms with E-state index in [2.05, 4.69) is 5.32 Å². The third-order valence-electron chi connectivity index (χ3n) is 2.81. The number of nitrogens with two attached hydrogens (primary N) is 1. The number of halogens is 1. The number of nitrogens with zero attached hydrogens (tertiary/aromatic N) is 1. The zero-order valence-corrected chi connectivity index (χ0v) is 12.4. The van der Waals surface area contributed by atoms with E-state index in [0.29, 0.717) is 22.9 Å². The van der Waals surface area contributed by atoms with Crippen LogP contribution >= 0.6 is 22.9 Å². The maximum atomic E-state index is 11.9. The van der Waals surface area contributed by atoms with E-state index < -0.39 is 0 Å². The van der Waals surface area contributed by atoms with E-state index in [0.717, 1.165) is 17.0 Å². The van der Waals surface area contributed by atoms with Crippen molar-refractivity contribution in [1.82, 2.24) is 4.57 Å². The summed E-state index contributed by atoms with van der Waals surface area (Å²) in [7, 11) is 0. The zero-order chi connectivity index (χ0) is 14.7. The lowest BCUT2D eigenvalue weighted by Gasteiger charge is -2.08. The van der Waals surface area contributed by atoms with E-state index in [1.54, 1.807) is 28.1 Å². The summed E-state index contributed by atoms with van der Waals surface area (Å²) in [6.45, 7) is 2.19. The first-order valence-corrected chi connectivity index (χ1v) is 7.23. The number of carbonyl (C=O) groups is 1. The van der Waals surface area contributed by atoms with Gasteiger partial charge in [0.05, 0.1) is 10.7 Å². The second-order valence-corrected chi connectivity index (χ2v) is 5.56. The van der Waals surface area contributed by atoms with Gasteiger partial charge in [0, 0.05) is 29.7 Å². The van der Waals surface area contributed by atoms with Gasteiger partial charge in [0.15, 0.2) is 0 Å². The number of amides is 1. The van der Waals surface area contributed by atoms with Gasteiger partial charge >= 0.3 is 4.87 Å². The molecule has 0 spiro atoms. The Hall–Kier alpha value is -1.79. The monoisotopic (exact) mass is 311 g/mol. The summed E-state index contributed by atoms with van der Waals surface area (Å²) >= 11 is 7.11. The smallest absolute Gasteiger partial charge is 0.307 e. The van der Waals surface area contributed by atoms with Crippen molar-refractivity contribution in [3.63, 3.8) is 0 Å². The van der Waals surface area contributed by atoms with Gasteiger partial charge in [0.25, 0.3) is 0 Å². The van der Waals surface area contributed by atoms with Crippen molar-refractivity contribution in [3.8, 4) is 0 Å². The highest BCUT2D eigenvalue weighted by molar-refractivity contribution is 7.07. The lowest BCUT2D eigenvalue weighted by Crippen LogP contribution is -2.20. The van der Waals surface area contributed by atoms with E-state index in [9.17, 15) is 9.59 Å². The minimum Gasteiger partial charge on any atom is -0.399 e. The summed E-state index contributed by atoms with van der Waals surface area (Å²) in [5.41, 5.74) is 7.49. The van der Waals surface area contributed by atoms with Gasteiger partial charge < -0.3 is 15.6 Å². The molecule has 3 N–H and O–H groups in total. The summed E-state index contributed by atoms with van der Waals surface area (Å²) in [5, 5.41) is 4.87. The Kier molecular flexibility index (Phi) is 4.46. The summed E-state index contributed by atoms with van der Waals surface area (Å²) in [6.07, 6.45) is 0.207. The number of nitrogens with one attached hydrogen (secondary N) is 1. The van der Waals surface area contributed by atoms with Crippen LogP contribution in [0.2, 0.25) is 5.02 Å². The van der Waals surface area contributed by atoms with Crippen molar-refractivity contribution in [2.45, 2.75) is 19.9 Å². The van der Waals surface area contributed by atoms with Gasteiger partial charge in [-0.15, -0.1) is 0 Å². The number of aryl methyl sites for hydroxylation is 1. The number of anilines is 2. The number of hydrogen-bond donors (Lipinski definition) is 2. The molecular weight excluding hydrogens is 298 g/mol. The van der Waals surface area contributed by atoms with Crippen LogP contribution in [0.5, 0.6) is 0 Å². The molecule has 7 heteroatoms. The molecule has 1 amide bonds. The maximum Gasteiger partial charge on any atom is 0.307 e. The fourth-order valence-electron chi connectivity index (χ4n) is 1.73. The number of rotatable bonds is 4. The van der Waals surface area contributed by atoms with Crippen LogP contribution in [0.4, 0.5) is 11.4 Å². The molecule has 5 nitrogen and oxygen atoms in total. The quantitative estimate of drug-likeness (QED) is 0.852. The lowest BCUT2D eigenvalue weighted by atomic mass is 10.2. The first-order chi connectivity index (χ1) is 9.47. The van der Waals surface area contributed by atoms with Crippen molar-refractivity contribution in [2.24, 2.45) is 0 Å². The van der Waals surface area contributed by atoms with Crippen LogP contribution in [0.15, 0.2) is 28.4 Å². The van der Waals surface area contributed by atoms with Crippen LogP contribution in [0.3, 0.4) is 0 Å². The summed E-state index contributed by atoms with van der Waals surface area (Å²) in [6, 6.07) is 4.89. The SMILES string of the molecule is Cc1csc(=O)n1CCC(=O)Nc1ccc(N)cc1Cl. The standard InChI is InChI=1S/C13H14ClN3O2S/c1-8-7-20-13(19)17(8)5-4-12(18)16-11-3-2-9(15)6-10(11)14/h2-3,6-7H,4-5,15H2,1H3,(H,16,18). The number of hydrogen-bond acceptors (Lipinski definition) is 4. The minimum absolute atomic E-state index is 0.0548. The van der Waals surface area contributed by atoms with Gasteiger partial charge in [-0.2, -0.15) is 0 Å². The van der Waals surface area contributed by atoms with Crippen LogP contribution in [0.25, 0.3) is 0 Å². The highest BCUT2D eigenvalue weighted by atomic mass is 35.5. The maximum absolute atomic E-state index is 11.9. The molecule has 0 bridgehead atoms. The van der Waals surface area contributed by atoms with Gasteiger partial charge in [0.2, 0.25) is 5.91 Å². The molecule has 0 saturated carbocycles. The number of carbonyl (C=O) groups excluding carboxylic acids is 1. The van der Waals surface area contributed by atoms with E-state index in [4.69, 9.17) is 17.3 Å². The number of thiazole rings is 1. The second kappa shape index (κ2) is 6.11. The highest BCUT2D eigenvalue weighted by Gasteiger charge is 2.08. The fourth-order valence-corrected chi connectivity index (χ4v) is 2.73. The Labute approximate surface area is 125 Å². The van der Waals surface area contributed by atoms with Crippen molar-refractivity contribution in [2.75, 3.05) is 11.1 Å². The molecule has 0 fully saturated rings. The van der Waals surface area contributed by atoms with E-state index >= 15 is 0 Å². The molecule has 2 aromatic rings. The Morgan fingerprint density at radius 1 is 1.50 bits per heavy atom. The molecule has 1 heterocycles. The molecule has 2 rings (SSSR count). The molecule has 0 aliphatic rings. The highest BCUT2D eigenvalue weighted by Crippen LogP contribution is 2.24. The molecule has 0 saturated heterocycles. The van der Waals surface area contributed by atoms with E-state index in [1.165, 1.54) is 0 Å². The predicted octanol–water partition coefficient (Wildman–Crippen LogP) is 2.48. The molecule has 0 aliphatic carbocycles. The Morgan fingerprint density at radius 3 is 2.85 bits per heavy atom. The van der Waals surface area contributed by atoms with Crippen LogP contribution in [0, 0.1) is 6.92 Å². The molecule has 0 radical (unpaired) electrons. The fraction of sp³-hybridized carbons (Fsp3) is 0.231. The van der Waals surface area contributed by atoms with E-state index in [1.807, 2.05) is 6.92 Å². The second-order valence-electron chi connectivity index (χ2n) is 4.33. The molecular formula is C13H14ClN3O2S. The third kappa shape index (κ3) is 3.40. The van der Waals surface area contributed by atoms with Crippen LogP contribution in [-0.4, -0.2) is 10.5 Å². The number of nitrogen functional groups attached to an aromatic ring is 1. The first-order valence-electron chi connectivity index (χ1n) is 5.97. The lowest BCUT2D eigenvalue weighted by molar-refractivity contribution is -0.116. The Bertz CT molecular complexity index is 693. The topological polar surface area (TPSA) is 77.1 Å². The third-order valence-corrected chi connectivity index (χ3v) is 4.00. The molecule has 0 atom stereocenters. The molecule has 106 valence electrons. The van der Waals surface area contributed by atoms with Crippen molar-refractivity contribution in [3.05, 3.63) is 44.0 Å². The number of aromatic nitrogens is 1. The summed E-state index contributed by atoms with van der Waals surface area (Å²) in [5.74, 6) is -0.200. The molecule has 0 aliphatic heterocycles. The van der Waals surface area contributed by atoms with Gasteiger partial charge in [-0.25, -0.2) is 0 Å². The van der Waals surface area contributed by atoms with Gasteiger partial charge in [-0.3, -0.25) is 9.59 Å². The molecule has 1 aromatic carbocycles.